The van der Waals surface area contributed by atoms with Crippen LogP contribution in [0.1, 0.15) is 12.5 Å². The summed E-state index contributed by atoms with van der Waals surface area (Å²) in [5, 5.41) is 0.637. The van der Waals surface area contributed by atoms with Gasteiger partial charge < -0.3 is 4.90 Å². The van der Waals surface area contributed by atoms with E-state index in [1.54, 1.807) is 24.1 Å². The number of benzene rings is 1. The van der Waals surface area contributed by atoms with Gasteiger partial charge in [0.1, 0.15) is 0 Å². The van der Waals surface area contributed by atoms with E-state index in [9.17, 15) is 4.79 Å². The smallest absolute Gasteiger partial charge is 0.227 e. The van der Waals surface area contributed by atoms with Gasteiger partial charge >= 0.3 is 0 Å². The molecule has 0 bridgehead atoms. The zero-order valence-electron chi connectivity index (χ0n) is 9.40. The largest absolute Gasteiger partial charge is 0.332 e. The second-order valence-corrected chi connectivity index (χ2v) is 4.09. The Morgan fingerprint density at radius 1 is 1.62 bits per heavy atom. The van der Waals surface area contributed by atoms with Crippen LogP contribution in [0.2, 0.25) is 5.02 Å². The molecule has 1 aromatic rings. The number of rotatable bonds is 3. The lowest BCUT2D eigenvalue weighted by Crippen LogP contribution is -2.35. The minimum absolute atomic E-state index is 0.00674. The van der Waals surface area contributed by atoms with E-state index in [-0.39, 0.29) is 11.9 Å². The first kappa shape index (κ1) is 12.6. The third-order valence-corrected chi connectivity index (χ3v) is 2.70. The van der Waals surface area contributed by atoms with Gasteiger partial charge in [-0.3, -0.25) is 4.79 Å². The van der Waals surface area contributed by atoms with Crippen molar-refractivity contribution >= 4 is 17.5 Å². The Bertz CT molecular complexity index is 422. The van der Waals surface area contributed by atoms with Crippen LogP contribution in [0.25, 0.3) is 0 Å². The number of carbonyl (C=O) groups excluding carboxylic acids is 1. The molecule has 1 aromatic carbocycles. The number of hydrogen-bond donors (Lipinski definition) is 0. The SMILES string of the molecule is C#CC(C)N(C)C(=O)Cc1cccc(Cl)c1. The molecule has 0 saturated heterocycles. The monoisotopic (exact) mass is 235 g/mol. The molecule has 1 atom stereocenters. The summed E-state index contributed by atoms with van der Waals surface area (Å²) in [5.41, 5.74) is 0.897. The highest BCUT2D eigenvalue weighted by Gasteiger charge is 2.13. The van der Waals surface area contributed by atoms with Crippen molar-refractivity contribution in [1.82, 2.24) is 4.90 Å². The van der Waals surface area contributed by atoms with Crippen LogP contribution in [-0.2, 0) is 11.2 Å². The van der Waals surface area contributed by atoms with Gasteiger partial charge in [0.05, 0.1) is 12.5 Å². The maximum absolute atomic E-state index is 11.8. The first-order valence-electron chi connectivity index (χ1n) is 5.01. The predicted octanol–water partition coefficient (Wildman–Crippen LogP) is 2.36. The van der Waals surface area contributed by atoms with Crippen LogP contribution in [0.3, 0.4) is 0 Å². The van der Waals surface area contributed by atoms with Gasteiger partial charge in [0.15, 0.2) is 0 Å². The van der Waals surface area contributed by atoms with Gasteiger partial charge in [0, 0.05) is 12.1 Å². The number of halogens is 1. The Labute approximate surface area is 101 Å². The highest BCUT2D eigenvalue weighted by Crippen LogP contribution is 2.12. The average molecular weight is 236 g/mol. The molecule has 16 heavy (non-hydrogen) atoms. The summed E-state index contributed by atoms with van der Waals surface area (Å²) in [4.78, 5) is 13.4. The second kappa shape index (κ2) is 5.58. The Kier molecular flexibility index (Phi) is 4.39. The van der Waals surface area contributed by atoms with Gasteiger partial charge in [0.25, 0.3) is 0 Å². The first-order chi connectivity index (χ1) is 7.54. The normalized spacial score (nSPS) is 11.6. The van der Waals surface area contributed by atoms with E-state index >= 15 is 0 Å². The van der Waals surface area contributed by atoms with E-state index in [0.717, 1.165) is 5.56 Å². The van der Waals surface area contributed by atoms with E-state index in [1.165, 1.54) is 0 Å². The number of carbonyl (C=O) groups is 1. The van der Waals surface area contributed by atoms with E-state index in [2.05, 4.69) is 5.92 Å². The highest BCUT2D eigenvalue weighted by atomic mass is 35.5. The van der Waals surface area contributed by atoms with Crippen LogP contribution in [0.4, 0.5) is 0 Å². The molecular formula is C13H14ClNO. The van der Waals surface area contributed by atoms with Crippen molar-refractivity contribution in [2.24, 2.45) is 0 Å². The Balaban J connectivity index is 2.69. The van der Waals surface area contributed by atoms with Gasteiger partial charge in [-0.2, -0.15) is 0 Å². The van der Waals surface area contributed by atoms with Crippen LogP contribution >= 0.6 is 11.6 Å². The van der Waals surface area contributed by atoms with E-state index in [0.29, 0.717) is 11.4 Å². The van der Waals surface area contributed by atoms with Gasteiger partial charge in [-0.25, -0.2) is 0 Å². The Morgan fingerprint density at radius 2 is 2.31 bits per heavy atom. The maximum Gasteiger partial charge on any atom is 0.227 e. The molecule has 0 aromatic heterocycles. The van der Waals surface area contributed by atoms with Crippen molar-refractivity contribution in [1.29, 1.82) is 0 Å². The van der Waals surface area contributed by atoms with Crippen molar-refractivity contribution in [3.05, 3.63) is 34.9 Å². The number of hydrogen-bond acceptors (Lipinski definition) is 1. The summed E-state index contributed by atoms with van der Waals surface area (Å²) in [6, 6.07) is 7.08. The highest BCUT2D eigenvalue weighted by molar-refractivity contribution is 6.30. The van der Waals surface area contributed by atoms with E-state index < -0.39 is 0 Å². The molecule has 0 aliphatic carbocycles. The van der Waals surface area contributed by atoms with Crippen LogP contribution < -0.4 is 0 Å². The molecular weight excluding hydrogens is 222 g/mol. The fourth-order valence-corrected chi connectivity index (χ4v) is 1.49. The topological polar surface area (TPSA) is 20.3 Å². The summed E-state index contributed by atoms with van der Waals surface area (Å²) in [5.74, 6) is 2.52. The van der Waals surface area contributed by atoms with Gasteiger partial charge in [0.2, 0.25) is 5.91 Å². The molecule has 0 heterocycles. The molecule has 0 spiro atoms. The molecule has 0 saturated carbocycles. The third kappa shape index (κ3) is 3.29. The quantitative estimate of drug-likeness (QED) is 0.737. The lowest BCUT2D eigenvalue weighted by Gasteiger charge is -2.20. The van der Waals surface area contributed by atoms with Crippen molar-refractivity contribution in [2.45, 2.75) is 19.4 Å². The van der Waals surface area contributed by atoms with E-state index in [1.807, 2.05) is 19.1 Å². The van der Waals surface area contributed by atoms with Gasteiger partial charge in [-0.05, 0) is 24.6 Å². The molecule has 3 heteroatoms. The fraction of sp³-hybridized carbons (Fsp3) is 0.308. The maximum atomic E-state index is 11.8. The van der Waals surface area contributed by atoms with Crippen molar-refractivity contribution < 1.29 is 4.79 Å². The first-order valence-corrected chi connectivity index (χ1v) is 5.38. The number of amides is 1. The van der Waals surface area contributed by atoms with Crippen LogP contribution in [0.15, 0.2) is 24.3 Å². The van der Waals surface area contributed by atoms with Gasteiger partial charge in [-0.1, -0.05) is 29.7 Å². The van der Waals surface area contributed by atoms with Crippen LogP contribution in [-0.4, -0.2) is 23.9 Å². The second-order valence-electron chi connectivity index (χ2n) is 3.65. The molecule has 84 valence electrons. The standard InChI is InChI=1S/C13H14ClNO/c1-4-10(2)15(3)13(16)9-11-6-5-7-12(14)8-11/h1,5-8,10H,9H2,2-3H3. The fourth-order valence-electron chi connectivity index (χ4n) is 1.27. The molecule has 1 rings (SSSR count). The van der Waals surface area contributed by atoms with Crippen molar-refractivity contribution in [3.8, 4) is 12.3 Å². The number of nitrogens with zero attached hydrogens (tertiary/aromatic N) is 1. The molecule has 0 aliphatic rings. The molecule has 2 nitrogen and oxygen atoms in total. The lowest BCUT2D eigenvalue weighted by molar-refractivity contribution is -0.130. The summed E-state index contributed by atoms with van der Waals surface area (Å²) < 4.78 is 0. The minimum Gasteiger partial charge on any atom is -0.332 e. The van der Waals surface area contributed by atoms with Crippen molar-refractivity contribution in [2.75, 3.05) is 7.05 Å². The Morgan fingerprint density at radius 3 is 2.88 bits per heavy atom. The van der Waals surface area contributed by atoms with E-state index in [4.69, 9.17) is 18.0 Å². The minimum atomic E-state index is -0.188. The molecule has 0 fully saturated rings. The average Bonchev–Trinajstić information content (AvgIpc) is 2.27. The van der Waals surface area contributed by atoms with Crippen LogP contribution in [0, 0.1) is 12.3 Å². The molecule has 0 radical (unpaired) electrons. The molecule has 1 amide bonds. The third-order valence-electron chi connectivity index (χ3n) is 2.46. The Hall–Kier alpha value is -1.46. The molecule has 0 aliphatic heterocycles. The van der Waals surface area contributed by atoms with Gasteiger partial charge in [-0.15, -0.1) is 6.42 Å². The number of likely N-dealkylation sites (N-methyl/N-ethyl adjacent to an activating group) is 1. The van der Waals surface area contributed by atoms with Crippen LogP contribution in [0.5, 0.6) is 0 Å². The predicted molar refractivity (Wildman–Crippen MR) is 66.2 cm³/mol. The summed E-state index contributed by atoms with van der Waals surface area (Å²) in [6.45, 7) is 1.82. The molecule has 1 unspecified atom stereocenters. The number of terminal acetylenes is 1. The zero-order valence-corrected chi connectivity index (χ0v) is 10.2. The summed E-state index contributed by atoms with van der Waals surface area (Å²) in [6.07, 6.45) is 5.59. The zero-order chi connectivity index (χ0) is 12.1. The molecule has 0 N–H and O–H groups in total. The summed E-state index contributed by atoms with van der Waals surface area (Å²) >= 11 is 5.84. The lowest BCUT2D eigenvalue weighted by atomic mass is 10.1. The van der Waals surface area contributed by atoms with Crippen molar-refractivity contribution in [3.63, 3.8) is 0 Å². The summed E-state index contributed by atoms with van der Waals surface area (Å²) in [7, 11) is 1.71.